The number of hydrogen-bond donors (Lipinski definition) is 2. The Bertz CT molecular complexity index is 769. The van der Waals surface area contributed by atoms with Crippen molar-refractivity contribution in [2.24, 2.45) is 0 Å². The average Bonchev–Trinajstić information content (AvgIpc) is 2.51. The number of rotatable bonds is 3. The number of nitrogen functional groups attached to an aromatic ring is 1. The number of pyridine rings is 2. The van der Waals surface area contributed by atoms with E-state index in [1.165, 1.54) is 0 Å². The largest absolute Gasteiger partial charge is 0.396 e. The normalized spacial score (nSPS) is 12.3. The molecule has 0 aliphatic rings. The van der Waals surface area contributed by atoms with Gasteiger partial charge < -0.3 is 11.1 Å². The Morgan fingerprint density at radius 2 is 2.10 bits per heavy atom. The fourth-order valence-corrected chi connectivity index (χ4v) is 2.63. The summed E-state index contributed by atoms with van der Waals surface area (Å²) >= 11 is 3.50. The second kappa shape index (κ2) is 5.69. The Kier molecular flexibility index (Phi) is 3.75. The topological polar surface area (TPSA) is 63.8 Å². The number of aromatic nitrogens is 2. The van der Waals surface area contributed by atoms with E-state index in [1.807, 2.05) is 36.5 Å². The van der Waals surface area contributed by atoms with Gasteiger partial charge in [-0.15, -0.1) is 0 Å². The molecule has 0 aliphatic carbocycles. The lowest BCUT2D eigenvalue weighted by atomic mass is 10.1. The summed E-state index contributed by atoms with van der Waals surface area (Å²) in [6.07, 6.45) is 5.31. The van der Waals surface area contributed by atoms with E-state index in [1.54, 1.807) is 12.4 Å². The lowest BCUT2D eigenvalue weighted by molar-refractivity contribution is 0.878. The lowest BCUT2D eigenvalue weighted by Crippen LogP contribution is -2.09. The highest BCUT2D eigenvalue weighted by atomic mass is 79.9. The molecule has 1 atom stereocenters. The molecule has 0 radical (unpaired) electrons. The van der Waals surface area contributed by atoms with Crippen LogP contribution >= 0.6 is 15.9 Å². The Morgan fingerprint density at radius 3 is 2.86 bits per heavy atom. The molecule has 0 spiro atoms. The number of fused-ring (bicyclic) bond motifs is 1. The summed E-state index contributed by atoms with van der Waals surface area (Å²) in [7, 11) is 0. The molecular formula is C16H15BrN4. The quantitative estimate of drug-likeness (QED) is 0.750. The highest BCUT2D eigenvalue weighted by molar-refractivity contribution is 9.10. The minimum atomic E-state index is 0.102. The number of nitrogens with two attached hydrogens (primary N) is 1. The Labute approximate surface area is 131 Å². The predicted molar refractivity (Wildman–Crippen MR) is 90.1 cm³/mol. The maximum absolute atomic E-state index is 6.11. The molecule has 3 aromatic rings. The molecule has 3 rings (SSSR count). The maximum Gasteiger partial charge on any atom is 0.0743 e. The predicted octanol–water partition coefficient (Wildman–Crippen LogP) is 4.15. The van der Waals surface area contributed by atoms with E-state index in [4.69, 9.17) is 5.73 Å². The molecule has 0 bridgehead atoms. The van der Waals surface area contributed by atoms with Crippen LogP contribution in [0.5, 0.6) is 0 Å². The second-order valence-electron chi connectivity index (χ2n) is 4.90. The SMILES string of the molecule is CC(Nc1c(N)cnc2ccc(Br)cc12)c1cccnc1. The van der Waals surface area contributed by atoms with Crippen LogP contribution in [0.15, 0.2) is 53.4 Å². The number of nitrogens with zero attached hydrogens (tertiary/aromatic N) is 2. The molecule has 4 nitrogen and oxygen atoms in total. The summed E-state index contributed by atoms with van der Waals surface area (Å²) in [6.45, 7) is 2.08. The van der Waals surface area contributed by atoms with Gasteiger partial charge in [0.1, 0.15) is 0 Å². The Morgan fingerprint density at radius 1 is 1.24 bits per heavy atom. The molecule has 3 N–H and O–H groups in total. The first-order valence-electron chi connectivity index (χ1n) is 6.65. The number of anilines is 2. The minimum Gasteiger partial charge on any atom is -0.396 e. The average molecular weight is 343 g/mol. The molecule has 0 saturated carbocycles. The highest BCUT2D eigenvalue weighted by Gasteiger charge is 2.11. The van der Waals surface area contributed by atoms with Gasteiger partial charge in [-0.3, -0.25) is 9.97 Å². The summed E-state index contributed by atoms with van der Waals surface area (Å²) in [5.41, 5.74) is 9.66. The van der Waals surface area contributed by atoms with E-state index < -0.39 is 0 Å². The summed E-state index contributed by atoms with van der Waals surface area (Å²) in [5.74, 6) is 0. The highest BCUT2D eigenvalue weighted by Crippen LogP contribution is 2.32. The van der Waals surface area contributed by atoms with Gasteiger partial charge in [-0.2, -0.15) is 0 Å². The minimum absolute atomic E-state index is 0.102. The van der Waals surface area contributed by atoms with Crippen LogP contribution in [-0.4, -0.2) is 9.97 Å². The van der Waals surface area contributed by atoms with E-state index in [-0.39, 0.29) is 6.04 Å². The molecular weight excluding hydrogens is 328 g/mol. The Balaban J connectivity index is 2.03. The van der Waals surface area contributed by atoms with Crippen LogP contribution in [0, 0.1) is 0 Å². The van der Waals surface area contributed by atoms with Crippen molar-refractivity contribution in [1.82, 2.24) is 9.97 Å². The summed E-state index contributed by atoms with van der Waals surface area (Å²) < 4.78 is 1.000. The van der Waals surface area contributed by atoms with Crippen molar-refractivity contribution in [3.63, 3.8) is 0 Å². The van der Waals surface area contributed by atoms with Crippen molar-refractivity contribution in [2.75, 3.05) is 11.1 Å². The standard InChI is InChI=1S/C16H15BrN4/c1-10(11-3-2-6-19-8-11)21-16-13-7-12(17)4-5-15(13)20-9-14(16)18/h2-10H,18H2,1H3,(H,20,21). The Hall–Kier alpha value is -2.14. The zero-order valence-electron chi connectivity index (χ0n) is 11.5. The number of benzene rings is 1. The van der Waals surface area contributed by atoms with Crippen molar-refractivity contribution in [3.8, 4) is 0 Å². The molecule has 0 aliphatic heterocycles. The zero-order valence-corrected chi connectivity index (χ0v) is 13.1. The van der Waals surface area contributed by atoms with Gasteiger partial charge in [0.15, 0.2) is 0 Å². The van der Waals surface area contributed by atoms with Crippen LogP contribution in [0.2, 0.25) is 0 Å². The fraction of sp³-hybridized carbons (Fsp3) is 0.125. The van der Waals surface area contributed by atoms with Crippen LogP contribution in [-0.2, 0) is 0 Å². The molecule has 1 aromatic carbocycles. The van der Waals surface area contributed by atoms with Crippen LogP contribution in [0.3, 0.4) is 0 Å². The molecule has 0 amide bonds. The van der Waals surface area contributed by atoms with Crippen LogP contribution in [0.25, 0.3) is 10.9 Å². The number of nitrogens with one attached hydrogen (secondary N) is 1. The molecule has 21 heavy (non-hydrogen) atoms. The van der Waals surface area contributed by atoms with Gasteiger partial charge in [0.25, 0.3) is 0 Å². The molecule has 2 heterocycles. The van der Waals surface area contributed by atoms with Gasteiger partial charge in [0, 0.05) is 22.3 Å². The van der Waals surface area contributed by atoms with E-state index in [9.17, 15) is 0 Å². The van der Waals surface area contributed by atoms with Gasteiger partial charge in [-0.25, -0.2) is 0 Å². The van der Waals surface area contributed by atoms with E-state index in [0.717, 1.165) is 26.6 Å². The second-order valence-corrected chi connectivity index (χ2v) is 5.82. The fourth-order valence-electron chi connectivity index (χ4n) is 2.27. The monoisotopic (exact) mass is 342 g/mol. The molecule has 5 heteroatoms. The van der Waals surface area contributed by atoms with Gasteiger partial charge in [-0.1, -0.05) is 22.0 Å². The van der Waals surface area contributed by atoms with Gasteiger partial charge in [0.2, 0.25) is 0 Å². The third kappa shape index (κ3) is 2.83. The van der Waals surface area contributed by atoms with Crippen molar-refractivity contribution >= 4 is 38.2 Å². The lowest BCUT2D eigenvalue weighted by Gasteiger charge is -2.18. The number of hydrogen-bond acceptors (Lipinski definition) is 4. The van der Waals surface area contributed by atoms with Crippen LogP contribution in [0.1, 0.15) is 18.5 Å². The van der Waals surface area contributed by atoms with Gasteiger partial charge >= 0.3 is 0 Å². The van der Waals surface area contributed by atoms with Crippen molar-refractivity contribution in [1.29, 1.82) is 0 Å². The molecule has 2 aromatic heterocycles. The van der Waals surface area contributed by atoms with Crippen molar-refractivity contribution in [3.05, 3.63) is 59.0 Å². The summed E-state index contributed by atoms with van der Waals surface area (Å²) in [5, 5.41) is 4.47. The first-order valence-corrected chi connectivity index (χ1v) is 7.44. The maximum atomic E-state index is 6.11. The van der Waals surface area contributed by atoms with Crippen molar-refractivity contribution in [2.45, 2.75) is 13.0 Å². The zero-order chi connectivity index (χ0) is 14.8. The van der Waals surface area contributed by atoms with Crippen LogP contribution < -0.4 is 11.1 Å². The van der Waals surface area contributed by atoms with Crippen LogP contribution in [0.4, 0.5) is 11.4 Å². The third-order valence-electron chi connectivity index (χ3n) is 3.40. The molecule has 0 fully saturated rings. The molecule has 106 valence electrons. The van der Waals surface area contributed by atoms with E-state index in [2.05, 4.69) is 38.1 Å². The van der Waals surface area contributed by atoms with Gasteiger partial charge in [0.05, 0.1) is 29.1 Å². The summed E-state index contributed by atoms with van der Waals surface area (Å²) in [4.78, 5) is 8.52. The van der Waals surface area contributed by atoms with E-state index >= 15 is 0 Å². The van der Waals surface area contributed by atoms with Crippen molar-refractivity contribution < 1.29 is 0 Å². The molecule has 1 unspecified atom stereocenters. The third-order valence-corrected chi connectivity index (χ3v) is 3.90. The smallest absolute Gasteiger partial charge is 0.0743 e. The van der Waals surface area contributed by atoms with E-state index in [0.29, 0.717) is 5.69 Å². The first kappa shape index (κ1) is 13.8. The van der Waals surface area contributed by atoms with Gasteiger partial charge in [-0.05, 0) is 36.8 Å². The number of halogens is 1. The first-order chi connectivity index (χ1) is 10.1. The molecule has 0 saturated heterocycles. The summed E-state index contributed by atoms with van der Waals surface area (Å²) in [6, 6.07) is 10.0.